The molecule has 4 amide bonds. The molecule has 3 aromatic heterocycles. The third kappa shape index (κ3) is 4.96. The van der Waals surface area contributed by atoms with Crippen LogP contribution in [0.25, 0.3) is 22.0 Å². The number of fused-ring (bicyclic) bond motifs is 2. The molecule has 1 atom stereocenters. The summed E-state index contributed by atoms with van der Waals surface area (Å²) >= 11 is 0. The third-order valence-electron chi connectivity index (χ3n) is 9.69. The summed E-state index contributed by atoms with van der Waals surface area (Å²) in [7, 11) is 0. The summed E-state index contributed by atoms with van der Waals surface area (Å²) in [5, 5.41) is 12.9. The van der Waals surface area contributed by atoms with Crippen molar-refractivity contribution in [3.63, 3.8) is 0 Å². The molecule has 2 saturated carbocycles. The number of carbonyl (C=O) groups is 4. The molecule has 2 aliphatic heterocycles. The molecule has 3 fully saturated rings. The van der Waals surface area contributed by atoms with Gasteiger partial charge in [-0.15, -0.1) is 0 Å². The zero-order valence-corrected chi connectivity index (χ0v) is 24.7. The SMILES string of the molecule is O=C1CCC(N2C(=O)c3ccc(NCCC[C@H]4C[C@H](n5cc(-c6nccc7cnccc67)c(C6CC6)n5)C4)cc3C2=O)C(=O)N1. The van der Waals surface area contributed by atoms with Gasteiger partial charge in [-0.3, -0.25) is 44.0 Å². The van der Waals surface area contributed by atoms with Crippen molar-refractivity contribution in [1.29, 1.82) is 0 Å². The van der Waals surface area contributed by atoms with Crippen molar-refractivity contribution >= 4 is 40.1 Å². The Labute approximate surface area is 259 Å². The van der Waals surface area contributed by atoms with E-state index in [1.807, 2.05) is 30.7 Å². The van der Waals surface area contributed by atoms with Crippen LogP contribution < -0.4 is 10.6 Å². The Kier molecular flexibility index (Phi) is 6.69. The molecule has 0 bridgehead atoms. The predicted molar refractivity (Wildman–Crippen MR) is 165 cm³/mol. The minimum absolute atomic E-state index is 0.101. The van der Waals surface area contributed by atoms with E-state index in [0.29, 0.717) is 17.9 Å². The van der Waals surface area contributed by atoms with E-state index in [2.05, 4.69) is 26.5 Å². The number of anilines is 1. The first-order valence-corrected chi connectivity index (χ1v) is 15.8. The van der Waals surface area contributed by atoms with Gasteiger partial charge >= 0.3 is 0 Å². The zero-order chi connectivity index (χ0) is 30.7. The highest BCUT2D eigenvalue weighted by Crippen LogP contribution is 2.47. The van der Waals surface area contributed by atoms with Gasteiger partial charge in [-0.05, 0) is 81.2 Å². The Morgan fingerprint density at radius 1 is 0.933 bits per heavy atom. The topological polar surface area (TPSA) is 139 Å². The van der Waals surface area contributed by atoms with Gasteiger partial charge in [0.05, 0.1) is 28.6 Å². The number of nitrogens with zero attached hydrogens (tertiary/aromatic N) is 5. The number of piperidine rings is 1. The first-order chi connectivity index (χ1) is 21.9. The van der Waals surface area contributed by atoms with Gasteiger partial charge in [0.1, 0.15) is 6.04 Å². The van der Waals surface area contributed by atoms with Crippen molar-refractivity contribution < 1.29 is 19.2 Å². The summed E-state index contributed by atoms with van der Waals surface area (Å²) in [6, 6.07) is 8.60. The highest BCUT2D eigenvalue weighted by molar-refractivity contribution is 6.23. The van der Waals surface area contributed by atoms with Crippen molar-refractivity contribution in [3.05, 3.63) is 71.9 Å². The number of pyridine rings is 2. The quantitative estimate of drug-likeness (QED) is 0.209. The lowest BCUT2D eigenvalue weighted by Crippen LogP contribution is -2.54. The van der Waals surface area contributed by atoms with Crippen LogP contribution in [0.5, 0.6) is 0 Å². The number of benzene rings is 1. The molecule has 1 saturated heterocycles. The lowest BCUT2D eigenvalue weighted by molar-refractivity contribution is -0.136. The number of carbonyl (C=O) groups excluding carboxylic acids is 4. The number of rotatable bonds is 9. The predicted octanol–water partition coefficient (Wildman–Crippen LogP) is 4.62. The van der Waals surface area contributed by atoms with E-state index in [0.717, 1.165) is 64.8 Å². The average molecular weight is 604 g/mol. The van der Waals surface area contributed by atoms with Crippen LogP contribution in [0.1, 0.15) is 89.7 Å². The molecule has 0 radical (unpaired) electrons. The molecule has 5 heterocycles. The maximum absolute atomic E-state index is 13.1. The molecule has 4 aromatic rings. The first-order valence-electron chi connectivity index (χ1n) is 15.8. The smallest absolute Gasteiger partial charge is 0.262 e. The van der Waals surface area contributed by atoms with Gasteiger partial charge in [-0.1, -0.05) is 0 Å². The van der Waals surface area contributed by atoms with E-state index in [1.165, 1.54) is 18.5 Å². The monoisotopic (exact) mass is 603 g/mol. The molecular formula is C34H33N7O4. The van der Waals surface area contributed by atoms with Gasteiger partial charge in [0.25, 0.3) is 11.8 Å². The van der Waals surface area contributed by atoms with Gasteiger partial charge in [-0.2, -0.15) is 5.10 Å². The van der Waals surface area contributed by atoms with Crippen LogP contribution in [0.4, 0.5) is 5.69 Å². The maximum Gasteiger partial charge on any atom is 0.262 e. The van der Waals surface area contributed by atoms with Crippen LogP contribution in [0, 0.1) is 5.92 Å². The third-order valence-corrected chi connectivity index (χ3v) is 9.69. The van der Waals surface area contributed by atoms with Crippen LogP contribution in [-0.4, -0.2) is 60.9 Å². The van der Waals surface area contributed by atoms with Crippen LogP contribution in [0.2, 0.25) is 0 Å². The second-order valence-electron chi connectivity index (χ2n) is 12.7. The normalized spacial score (nSPS) is 22.8. The summed E-state index contributed by atoms with van der Waals surface area (Å²) in [4.78, 5) is 59.9. The number of nitrogens with one attached hydrogen (secondary N) is 2. The average Bonchev–Trinajstić information content (AvgIpc) is 3.73. The fourth-order valence-corrected chi connectivity index (χ4v) is 7.02. The number of aromatic nitrogens is 4. The lowest BCUT2D eigenvalue weighted by Gasteiger charge is -2.35. The van der Waals surface area contributed by atoms with E-state index in [1.54, 1.807) is 18.2 Å². The Bertz CT molecular complexity index is 1870. The molecule has 0 spiro atoms. The van der Waals surface area contributed by atoms with Crippen LogP contribution in [-0.2, 0) is 9.59 Å². The van der Waals surface area contributed by atoms with Crippen LogP contribution >= 0.6 is 0 Å². The molecule has 1 unspecified atom stereocenters. The summed E-state index contributed by atoms with van der Waals surface area (Å²) < 4.78 is 2.18. The van der Waals surface area contributed by atoms with Gasteiger partial charge in [-0.25, -0.2) is 0 Å². The van der Waals surface area contributed by atoms with Crippen LogP contribution in [0.15, 0.2) is 55.1 Å². The fourth-order valence-electron chi connectivity index (χ4n) is 7.02. The van der Waals surface area contributed by atoms with E-state index >= 15 is 0 Å². The van der Waals surface area contributed by atoms with Crippen molar-refractivity contribution in [3.8, 4) is 11.3 Å². The molecule has 2 aliphatic carbocycles. The summed E-state index contributed by atoms with van der Waals surface area (Å²) in [5.74, 6) is -0.814. The standard InChI is InChI=1S/C34H33N7O4/c42-29-8-7-28(32(43)38-29)41-33(44)25-6-5-22(16-26(25)34(41)45)36-11-1-2-19-14-23(15-19)40-18-27(30(39-40)20-3-4-20)31-24-10-12-35-17-21(24)9-13-37-31/h5-6,9-10,12-13,16-20,23,28,36H,1-4,7-8,11,14-15H2,(H,38,42,43)/t19-,23-,28?. The summed E-state index contributed by atoms with van der Waals surface area (Å²) in [6.07, 6.45) is 14.7. The molecule has 8 rings (SSSR count). The number of hydrogen-bond donors (Lipinski definition) is 2. The Morgan fingerprint density at radius 3 is 2.60 bits per heavy atom. The Morgan fingerprint density at radius 2 is 1.78 bits per heavy atom. The molecule has 228 valence electrons. The highest BCUT2D eigenvalue weighted by atomic mass is 16.2. The molecule has 11 nitrogen and oxygen atoms in total. The van der Waals surface area contributed by atoms with Gasteiger partial charge in [0, 0.05) is 65.7 Å². The van der Waals surface area contributed by atoms with Crippen LogP contribution in [0.3, 0.4) is 0 Å². The largest absolute Gasteiger partial charge is 0.385 e. The Hall–Kier alpha value is -4.93. The molecule has 11 heteroatoms. The van der Waals surface area contributed by atoms with Crippen molar-refractivity contribution in [2.45, 2.75) is 69.4 Å². The number of hydrogen-bond acceptors (Lipinski definition) is 8. The number of amides is 4. The second kappa shape index (κ2) is 10.9. The molecule has 45 heavy (non-hydrogen) atoms. The molecular weight excluding hydrogens is 570 g/mol. The van der Waals surface area contributed by atoms with Gasteiger partial charge in [0.2, 0.25) is 11.8 Å². The minimum Gasteiger partial charge on any atom is -0.385 e. The lowest BCUT2D eigenvalue weighted by atomic mass is 9.77. The van der Waals surface area contributed by atoms with Gasteiger partial charge in [0.15, 0.2) is 0 Å². The second-order valence-corrected chi connectivity index (χ2v) is 12.7. The van der Waals surface area contributed by atoms with Crippen molar-refractivity contribution in [1.82, 2.24) is 30.0 Å². The minimum atomic E-state index is -0.959. The summed E-state index contributed by atoms with van der Waals surface area (Å²) in [5.41, 5.74) is 4.66. The van der Waals surface area contributed by atoms with Crippen molar-refractivity contribution in [2.24, 2.45) is 5.92 Å². The van der Waals surface area contributed by atoms with Crippen molar-refractivity contribution in [2.75, 3.05) is 11.9 Å². The van der Waals surface area contributed by atoms with Gasteiger partial charge < -0.3 is 5.32 Å². The first kappa shape index (κ1) is 27.6. The van der Waals surface area contributed by atoms with E-state index in [4.69, 9.17) is 10.1 Å². The Balaban J connectivity index is 0.860. The molecule has 2 N–H and O–H groups in total. The number of imide groups is 2. The summed E-state index contributed by atoms with van der Waals surface area (Å²) in [6.45, 7) is 0.748. The van der Waals surface area contributed by atoms with E-state index in [-0.39, 0.29) is 29.9 Å². The van der Waals surface area contributed by atoms with E-state index in [9.17, 15) is 19.2 Å². The molecule has 4 aliphatic rings. The van der Waals surface area contributed by atoms with E-state index < -0.39 is 23.8 Å². The molecule has 1 aromatic carbocycles. The maximum atomic E-state index is 13.1. The zero-order valence-electron chi connectivity index (χ0n) is 24.7. The highest BCUT2D eigenvalue weighted by Gasteiger charge is 2.44. The fraction of sp³-hybridized carbons (Fsp3) is 0.382.